The van der Waals surface area contributed by atoms with E-state index in [1.165, 1.54) is 24.3 Å². The summed E-state index contributed by atoms with van der Waals surface area (Å²) in [6.07, 6.45) is 0. The Hall–Kier alpha value is -1.52. The molecule has 0 amide bonds. The summed E-state index contributed by atoms with van der Waals surface area (Å²) in [5, 5.41) is 9.45. The van der Waals surface area contributed by atoms with Crippen LogP contribution in [0.25, 0.3) is 0 Å². The fourth-order valence-electron chi connectivity index (χ4n) is 2.71. The average Bonchev–Trinajstić information content (AvgIpc) is 2.82. The minimum atomic E-state index is -0.437. The molecule has 1 unspecified atom stereocenters. The number of carbonyl (C=O) groups excluding carboxylic acids is 1. The number of rotatable bonds is 5. The molecule has 1 atom stereocenters. The summed E-state index contributed by atoms with van der Waals surface area (Å²) in [5.41, 5.74) is 2.96. The highest BCUT2D eigenvalue weighted by Crippen LogP contribution is 2.38. The van der Waals surface area contributed by atoms with Crippen LogP contribution in [0, 0.1) is 18.7 Å². The third-order valence-electron chi connectivity index (χ3n) is 3.90. The van der Waals surface area contributed by atoms with Gasteiger partial charge in [-0.2, -0.15) is 0 Å². The van der Waals surface area contributed by atoms with Crippen LogP contribution in [0.5, 0.6) is 0 Å². The van der Waals surface area contributed by atoms with Crippen LogP contribution in [0.2, 0.25) is 0 Å². The third kappa shape index (κ3) is 3.28. The Labute approximate surface area is 134 Å². The van der Waals surface area contributed by atoms with E-state index in [1.54, 1.807) is 0 Å². The molecule has 22 heavy (non-hydrogen) atoms. The molecule has 0 saturated carbocycles. The number of aliphatic hydroxyl groups is 1. The van der Waals surface area contributed by atoms with E-state index < -0.39 is 5.82 Å². The van der Waals surface area contributed by atoms with Crippen molar-refractivity contribution in [2.75, 3.05) is 0 Å². The fraction of sp³-hybridized carbons (Fsp3) is 0.389. The van der Waals surface area contributed by atoms with Gasteiger partial charge in [-0.05, 0) is 35.6 Å². The zero-order valence-corrected chi connectivity index (χ0v) is 14.1. The van der Waals surface area contributed by atoms with Crippen LogP contribution in [-0.2, 0) is 6.61 Å². The molecule has 0 bridgehead atoms. The molecule has 2 nitrogen and oxygen atoms in total. The SMILES string of the molecule is CC(=O)c1sc(C(c2ccc(C)c(CO)c2)C(C)C)cc1F. The maximum absolute atomic E-state index is 14.0. The Kier molecular flexibility index (Phi) is 5.14. The molecule has 1 aromatic carbocycles. The number of ketones is 1. The van der Waals surface area contributed by atoms with Crippen LogP contribution >= 0.6 is 11.3 Å². The van der Waals surface area contributed by atoms with Crippen molar-refractivity contribution < 1.29 is 14.3 Å². The number of halogens is 1. The largest absolute Gasteiger partial charge is 0.392 e. The normalized spacial score (nSPS) is 12.7. The van der Waals surface area contributed by atoms with Crippen molar-refractivity contribution in [1.29, 1.82) is 0 Å². The van der Waals surface area contributed by atoms with Gasteiger partial charge < -0.3 is 5.11 Å². The number of benzene rings is 1. The highest BCUT2D eigenvalue weighted by molar-refractivity contribution is 7.14. The van der Waals surface area contributed by atoms with Crippen molar-refractivity contribution in [3.63, 3.8) is 0 Å². The van der Waals surface area contributed by atoms with Gasteiger partial charge in [0.15, 0.2) is 5.78 Å². The molecule has 118 valence electrons. The van der Waals surface area contributed by atoms with Gasteiger partial charge in [0.05, 0.1) is 6.61 Å². The second kappa shape index (κ2) is 6.71. The molecule has 0 saturated heterocycles. The fourth-order valence-corrected chi connectivity index (χ4v) is 3.95. The number of hydrogen-bond acceptors (Lipinski definition) is 3. The van der Waals surface area contributed by atoms with Crippen molar-refractivity contribution in [2.24, 2.45) is 5.92 Å². The van der Waals surface area contributed by atoms with Gasteiger partial charge in [0.2, 0.25) is 0 Å². The zero-order valence-electron chi connectivity index (χ0n) is 13.3. The predicted molar refractivity (Wildman–Crippen MR) is 88.1 cm³/mol. The lowest BCUT2D eigenvalue weighted by Crippen LogP contribution is -2.08. The number of carbonyl (C=O) groups is 1. The van der Waals surface area contributed by atoms with Gasteiger partial charge in [0.25, 0.3) is 0 Å². The minimum Gasteiger partial charge on any atom is -0.392 e. The lowest BCUT2D eigenvalue weighted by molar-refractivity contribution is 0.101. The van der Waals surface area contributed by atoms with E-state index in [0.717, 1.165) is 21.6 Å². The van der Waals surface area contributed by atoms with Crippen molar-refractivity contribution in [2.45, 2.75) is 40.2 Å². The van der Waals surface area contributed by atoms with Gasteiger partial charge in [-0.3, -0.25) is 4.79 Å². The number of aryl methyl sites for hydroxylation is 1. The van der Waals surface area contributed by atoms with Gasteiger partial charge >= 0.3 is 0 Å². The Morgan fingerprint density at radius 2 is 2.00 bits per heavy atom. The standard InChI is InChI=1S/C18H21FO2S/c1-10(2)17(13-6-5-11(3)14(7-13)9-20)16-8-15(19)18(22-16)12(4)21/h5-8,10,17,20H,9H2,1-4H3. The van der Waals surface area contributed by atoms with Crippen molar-refractivity contribution in [1.82, 2.24) is 0 Å². The maximum Gasteiger partial charge on any atom is 0.172 e. The van der Waals surface area contributed by atoms with Gasteiger partial charge in [-0.15, -0.1) is 11.3 Å². The summed E-state index contributed by atoms with van der Waals surface area (Å²) in [4.78, 5) is 12.5. The van der Waals surface area contributed by atoms with Crippen LogP contribution in [0.15, 0.2) is 24.3 Å². The van der Waals surface area contributed by atoms with Crippen molar-refractivity contribution in [3.05, 3.63) is 56.5 Å². The van der Waals surface area contributed by atoms with E-state index in [0.29, 0.717) is 0 Å². The van der Waals surface area contributed by atoms with E-state index in [-0.39, 0.29) is 29.1 Å². The second-order valence-corrected chi connectivity index (χ2v) is 7.03. The Balaban J connectivity index is 2.51. The second-order valence-electron chi connectivity index (χ2n) is 5.95. The molecular weight excluding hydrogens is 299 g/mol. The van der Waals surface area contributed by atoms with E-state index in [4.69, 9.17) is 0 Å². The third-order valence-corrected chi connectivity index (χ3v) is 5.20. The first-order valence-electron chi connectivity index (χ1n) is 7.35. The molecule has 1 aromatic heterocycles. The summed E-state index contributed by atoms with van der Waals surface area (Å²) in [6, 6.07) is 7.45. The molecule has 2 rings (SSSR count). The van der Waals surface area contributed by atoms with Crippen molar-refractivity contribution in [3.8, 4) is 0 Å². The molecular formula is C18H21FO2S. The highest BCUT2D eigenvalue weighted by atomic mass is 32.1. The molecule has 2 aromatic rings. The molecule has 0 aliphatic carbocycles. The molecule has 0 aliphatic heterocycles. The first-order chi connectivity index (χ1) is 10.3. The number of hydrogen-bond donors (Lipinski definition) is 1. The van der Waals surface area contributed by atoms with Crippen molar-refractivity contribution >= 4 is 17.1 Å². The van der Waals surface area contributed by atoms with Crippen LogP contribution in [0.4, 0.5) is 4.39 Å². The Morgan fingerprint density at radius 3 is 2.50 bits per heavy atom. The topological polar surface area (TPSA) is 37.3 Å². The van der Waals surface area contributed by atoms with Crippen LogP contribution in [-0.4, -0.2) is 10.9 Å². The molecule has 0 spiro atoms. The number of aliphatic hydroxyl groups excluding tert-OH is 1. The summed E-state index contributed by atoms with van der Waals surface area (Å²) in [5.74, 6) is -0.408. The Bertz CT molecular complexity index is 688. The lowest BCUT2D eigenvalue weighted by Gasteiger charge is -2.21. The van der Waals surface area contributed by atoms with Crippen LogP contribution < -0.4 is 0 Å². The van der Waals surface area contributed by atoms with Gasteiger partial charge in [0, 0.05) is 17.7 Å². The summed E-state index contributed by atoms with van der Waals surface area (Å²) < 4.78 is 14.0. The van der Waals surface area contributed by atoms with Gasteiger partial charge in [0.1, 0.15) is 10.7 Å². The number of Topliss-reactive ketones (excluding diaryl/α,β-unsaturated/α-hetero) is 1. The quantitative estimate of drug-likeness (QED) is 0.812. The van der Waals surface area contributed by atoms with E-state index in [1.807, 2.05) is 25.1 Å². The van der Waals surface area contributed by atoms with E-state index in [9.17, 15) is 14.3 Å². The van der Waals surface area contributed by atoms with Gasteiger partial charge in [-0.25, -0.2) is 4.39 Å². The average molecular weight is 320 g/mol. The van der Waals surface area contributed by atoms with Crippen LogP contribution in [0.3, 0.4) is 0 Å². The molecule has 4 heteroatoms. The molecule has 0 aliphatic rings. The lowest BCUT2D eigenvalue weighted by atomic mass is 9.85. The van der Waals surface area contributed by atoms with Gasteiger partial charge in [-0.1, -0.05) is 32.0 Å². The molecule has 1 N–H and O–H groups in total. The molecule has 1 heterocycles. The molecule has 0 fully saturated rings. The molecule has 0 radical (unpaired) electrons. The smallest absolute Gasteiger partial charge is 0.172 e. The van der Waals surface area contributed by atoms with Crippen LogP contribution in [0.1, 0.15) is 57.9 Å². The predicted octanol–water partition coefficient (Wildman–Crippen LogP) is 4.68. The first kappa shape index (κ1) is 16.8. The monoisotopic (exact) mass is 320 g/mol. The summed E-state index contributed by atoms with van der Waals surface area (Å²) in [6.45, 7) is 7.49. The minimum absolute atomic E-state index is 0.0119. The Morgan fingerprint density at radius 1 is 1.32 bits per heavy atom. The highest BCUT2D eigenvalue weighted by Gasteiger charge is 2.24. The summed E-state index contributed by atoms with van der Waals surface area (Å²) >= 11 is 1.23. The first-order valence-corrected chi connectivity index (χ1v) is 8.17. The number of thiophene rings is 1. The zero-order chi connectivity index (χ0) is 16.4. The summed E-state index contributed by atoms with van der Waals surface area (Å²) in [7, 11) is 0. The van der Waals surface area contributed by atoms with E-state index in [2.05, 4.69) is 13.8 Å². The van der Waals surface area contributed by atoms with E-state index >= 15 is 0 Å². The maximum atomic E-state index is 14.0.